The third-order valence-corrected chi connectivity index (χ3v) is 11.8. The molecule has 6 fully saturated rings. The first-order chi connectivity index (χ1) is 15.1. The summed E-state index contributed by atoms with van der Waals surface area (Å²) in [6, 6.07) is 0. The summed E-state index contributed by atoms with van der Waals surface area (Å²) in [7, 11) is 0. The van der Waals surface area contributed by atoms with Crippen LogP contribution in [0.3, 0.4) is 0 Å². The van der Waals surface area contributed by atoms with E-state index in [2.05, 4.69) is 27.7 Å². The average molecular weight is 447 g/mol. The van der Waals surface area contributed by atoms with Crippen LogP contribution in [0.4, 0.5) is 0 Å². The minimum absolute atomic E-state index is 0.0490. The SMILES string of the molecule is C[C@@H]1CC[C@@]2(OC1)O[C@H]1C[C@H]3[C@@H]4CC[C@H]5C[C@@H](O)[C@H](O)C[C@]5(C)[C@H]4CC(=O)[C@]3(C)[C@H]1[C@@H]2C. The first-order valence-electron chi connectivity index (χ1n) is 13.3. The third-order valence-electron chi connectivity index (χ3n) is 11.8. The molecule has 0 unspecified atom stereocenters. The number of Topliss-reactive ketones (excluding diaryl/α,β-unsaturated/α-hetero) is 1. The minimum atomic E-state index is -0.657. The van der Waals surface area contributed by atoms with Gasteiger partial charge < -0.3 is 19.7 Å². The number of fused-ring (bicyclic) bond motifs is 7. The molecule has 5 nitrogen and oxygen atoms in total. The van der Waals surface area contributed by atoms with Crippen molar-refractivity contribution in [1.82, 2.24) is 0 Å². The summed E-state index contributed by atoms with van der Waals surface area (Å²) < 4.78 is 13.2. The highest BCUT2D eigenvalue weighted by atomic mass is 16.7. The van der Waals surface area contributed by atoms with Crippen molar-refractivity contribution in [2.75, 3.05) is 6.61 Å². The molecule has 6 rings (SSSR count). The number of carbonyl (C=O) groups is 1. The predicted octanol–water partition coefficient (Wildman–Crippen LogP) is 3.94. The second-order valence-electron chi connectivity index (χ2n) is 13.1. The number of rotatable bonds is 0. The third kappa shape index (κ3) is 2.69. The molecule has 2 heterocycles. The Morgan fingerprint density at radius 2 is 1.78 bits per heavy atom. The molecule has 2 aliphatic heterocycles. The Kier molecular flexibility index (Phi) is 4.83. The van der Waals surface area contributed by atoms with Crippen LogP contribution in [-0.4, -0.2) is 46.7 Å². The highest BCUT2D eigenvalue weighted by Gasteiger charge is 2.71. The maximum atomic E-state index is 14.0. The van der Waals surface area contributed by atoms with E-state index in [1.54, 1.807) is 0 Å². The molecule has 2 N–H and O–H groups in total. The van der Waals surface area contributed by atoms with Gasteiger partial charge in [0.25, 0.3) is 0 Å². The van der Waals surface area contributed by atoms with Crippen LogP contribution >= 0.6 is 0 Å². The summed E-state index contributed by atoms with van der Waals surface area (Å²) in [6.07, 6.45) is 6.12. The summed E-state index contributed by atoms with van der Waals surface area (Å²) in [6.45, 7) is 9.86. The van der Waals surface area contributed by atoms with Crippen LogP contribution in [0.15, 0.2) is 0 Å². The van der Waals surface area contributed by atoms with Crippen LogP contribution in [0.1, 0.15) is 79.1 Å². The van der Waals surface area contributed by atoms with Crippen LogP contribution in [-0.2, 0) is 14.3 Å². The van der Waals surface area contributed by atoms with E-state index in [0.717, 1.165) is 38.7 Å². The Hall–Kier alpha value is -0.490. The standard InChI is InChI=1S/C27H42O5/c1-14-7-8-27(31-13-14)15(2)24-22(32-27)10-19-17-6-5-16-9-20(28)21(29)12-25(16,3)18(17)11-23(30)26(19,24)4/h14-22,24,28-29H,5-13H2,1-4H3/t14-,15+,16+,17-,18+,19+,20-,21-,22+,24+,25+,26-,27-/m1/s1. The highest BCUT2D eigenvalue weighted by Crippen LogP contribution is 2.70. The van der Waals surface area contributed by atoms with E-state index in [-0.39, 0.29) is 28.8 Å². The summed E-state index contributed by atoms with van der Waals surface area (Å²) >= 11 is 0. The van der Waals surface area contributed by atoms with E-state index in [0.29, 0.717) is 54.6 Å². The molecular formula is C27H42O5. The minimum Gasteiger partial charge on any atom is -0.390 e. The van der Waals surface area contributed by atoms with Crippen molar-refractivity contribution in [2.45, 2.75) is 103 Å². The van der Waals surface area contributed by atoms with Crippen LogP contribution in [0.25, 0.3) is 0 Å². The molecule has 4 aliphatic carbocycles. The Balaban J connectivity index is 1.30. The van der Waals surface area contributed by atoms with E-state index >= 15 is 0 Å². The van der Waals surface area contributed by atoms with Gasteiger partial charge in [-0.1, -0.05) is 27.7 Å². The fraction of sp³-hybridized carbons (Fsp3) is 0.963. The first-order valence-corrected chi connectivity index (χ1v) is 13.3. The predicted molar refractivity (Wildman–Crippen MR) is 120 cm³/mol. The normalized spacial score (nSPS) is 61.8. The van der Waals surface area contributed by atoms with E-state index in [9.17, 15) is 15.0 Å². The fourth-order valence-corrected chi connectivity index (χ4v) is 9.97. The molecule has 32 heavy (non-hydrogen) atoms. The molecule has 0 aromatic rings. The summed E-state index contributed by atoms with van der Waals surface area (Å²) in [4.78, 5) is 14.0. The molecule has 0 radical (unpaired) electrons. The number of ether oxygens (including phenoxy) is 2. The maximum Gasteiger partial charge on any atom is 0.171 e. The number of aliphatic hydroxyl groups is 2. The van der Waals surface area contributed by atoms with Crippen molar-refractivity contribution < 1.29 is 24.5 Å². The van der Waals surface area contributed by atoms with Gasteiger partial charge in [0, 0.05) is 30.1 Å². The largest absolute Gasteiger partial charge is 0.390 e. The van der Waals surface area contributed by atoms with E-state index in [1.165, 1.54) is 0 Å². The Morgan fingerprint density at radius 1 is 1.00 bits per heavy atom. The van der Waals surface area contributed by atoms with Crippen molar-refractivity contribution in [3.8, 4) is 0 Å². The molecule has 6 aliphatic rings. The first kappa shape index (κ1) is 22.0. The zero-order valence-corrected chi connectivity index (χ0v) is 20.3. The molecule has 180 valence electrons. The molecule has 4 saturated carbocycles. The molecule has 5 heteroatoms. The fourth-order valence-electron chi connectivity index (χ4n) is 9.97. The van der Waals surface area contributed by atoms with E-state index < -0.39 is 18.0 Å². The van der Waals surface area contributed by atoms with Gasteiger partial charge in [0.2, 0.25) is 0 Å². The van der Waals surface area contributed by atoms with Gasteiger partial charge in [-0.2, -0.15) is 0 Å². The zero-order chi connectivity index (χ0) is 22.6. The molecule has 2 saturated heterocycles. The smallest absolute Gasteiger partial charge is 0.171 e. The van der Waals surface area contributed by atoms with Gasteiger partial charge in [0.05, 0.1) is 24.9 Å². The van der Waals surface area contributed by atoms with E-state index in [4.69, 9.17) is 9.47 Å². The summed E-state index contributed by atoms with van der Waals surface area (Å²) in [5.41, 5.74) is -0.371. The quantitative estimate of drug-likeness (QED) is 0.589. The van der Waals surface area contributed by atoms with Crippen LogP contribution in [0.2, 0.25) is 0 Å². The van der Waals surface area contributed by atoms with Gasteiger partial charge in [-0.3, -0.25) is 4.79 Å². The van der Waals surface area contributed by atoms with Crippen LogP contribution in [0, 0.1) is 52.3 Å². The average Bonchev–Trinajstić information content (AvgIpc) is 3.19. The number of aliphatic hydroxyl groups excluding tert-OH is 2. The van der Waals surface area contributed by atoms with Crippen molar-refractivity contribution in [1.29, 1.82) is 0 Å². The van der Waals surface area contributed by atoms with Gasteiger partial charge in [0.1, 0.15) is 5.78 Å². The molecule has 0 bridgehead atoms. The number of hydrogen-bond acceptors (Lipinski definition) is 5. The summed E-state index contributed by atoms with van der Waals surface area (Å²) in [5, 5.41) is 20.8. The maximum absolute atomic E-state index is 14.0. The molecule has 1 spiro atoms. The number of carbonyl (C=O) groups excluding carboxylic acids is 1. The van der Waals surface area contributed by atoms with Crippen LogP contribution in [0.5, 0.6) is 0 Å². The van der Waals surface area contributed by atoms with Crippen molar-refractivity contribution in [2.24, 2.45) is 52.3 Å². The molecular weight excluding hydrogens is 404 g/mol. The highest BCUT2D eigenvalue weighted by molar-refractivity contribution is 5.87. The second kappa shape index (κ2) is 7.02. The molecule has 13 atom stereocenters. The van der Waals surface area contributed by atoms with Gasteiger partial charge in [-0.15, -0.1) is 0 Å². The monoisotopic (exact) mass is 446 g/mol. The van der Waals surface area contributed by atoms with Gasteiger partial charge in [-0.25, -0.2) is 0 Å². The second-order valence-corrected chi connectivity index (χ2v) is 13.1. The molecule has 0 amide bonds. The lowest BCUT2D eigenvalue weighted by Gasteiger charge is -2.61. The van der Waals surface area contributed by atoms with E-state index in [1.807, 2.05) is 0 Å². The Morgan fingerprint density at radius 3 is 2.50 bits per heavy atom. The zero-order valence-electron chi connectivity index (χ0n) is 20.3. The Bertz CT molecular complexity index is 789. The molecule has 0 aromatic carbocycles. The number of hydrogen-bond donors (Lipinski definition) is 2. The van der Waals surface area contributed by atoms with Crippen molar-refractivity contribution in [3.05, 3.63) is 0 Å². The van der Waals surface area contributed by atoms with Crippen molar-refractivity contribution >= 4 is 5.78 Å². The summed E-state index contributed by atoms with van der Waals surface area (Å²) in [5.74, 6) is 2.64. The van der Waals surface area contributed by atoms with Crippen molar-refractivity contribution in [3.63, 3.8) is 0 Å². The lowest BCUT2D eigenvalue weighted by atomic mass is 9.43. The Labute approximate surface area is 192 Å². The van der Waals surface area contributed by atoms with Gasteiger partial charge in [-0.05, 0) is 73.5 Å². The van der Waals surface area contributed by atoms with Gasteiger partial charge in [0.15, 0.2) is 5.79 Å². The van der Waals surface area contributed by atoms with Crippen LogP contribution < -0.4 is 0 Å². The number of ketones is 1. The lowest BCUT2D eigenvalue weighted by Crippen LogP contribution is -2.59. The lowest BCUT2D eigenvalue weighted by molar-refractivity contribution is -0.272. The topological polar surface area (TPSA) is 76.0 Å². The molecule has 0 aromatic heterocycles. The van der Waals surface area contributed by atoms with Gasteiger partial charge >= 0.3 is 0 Å².